The van der Waals surface area contributed by atoms with Crippen LogP contribution in [0.3, 0.4) is 0 Å². The normalized spacial score (nSPS) is 12.2. The molecule has 0 saturated carbocycles. The first-order valence-corrected chi connectivity index (χ1v) is 7.80. The number of rotatable bonds is 5. The summed E-state index contributed by atoms with van der Waals surface area (Å²) in [4.78, 5) is 23.8. The maximum atomic E-state index is 13.5. The van der Waals surface area contributed by atoms with Gasteiger partial charge in [0.25, 0.3) is 5.91 Å². The van der Waals surface area contributed by atoms with Crippen molar-refractivity contribution in [1.82, 2.24) is 9.78 Å². The van der Waals surface area contributed by atoms with Crippen molar-refractivity contribution in [1.29, 1.82) is 0 Å². The molecule has 0 fully saturated rings. The van der Waals surface area contributed by atoms with Crippen molar-refractivity contribution in [2.45, 2.75) is 20.0 Å². The number of amides is 1. The van der Waals surface area contributed by atoms with Crippen LogP contribution in [0.4, 0.5) is 10.1 Å². The maximum Gasteiger partial charge on any atom is 0.331 e. The van der Waals surface area contributed by atoms with Crippen molar-refractivity contribution in [3.63, 3.8) is 0 Å². The van der Waals surface area contributed by atoms with Gasteiger partial charge in [-0.1, -0.05) is 23.7 Å². The Morgan fingerprint density at radius 1 is 1.40 bits per heavy atom. The van der Waals surface area contributed by atoms with Crippen molar-refractivity contribution in [3.8, 4) is 0 Å². The molecule has 2 rings (SSSR count). The number of para-hydroxylation sites is 1. The summed E-state index contributed by atoms with van der Waals surface area (Å²) < 4.78 is 20.0. The molecule has 1 unspecified atom stereocenters. The molecule has 0 bridgehead atoms. The van der Waals surface area contributed by atoms with Gasteiger partial charge in [-0.2, -0.15) is 5.10 Å². The number of nitrogens with zero attached hydrogens (tertiary/aromatic N) is 2. The molecule has 25 heavy (non-hydrogen) atoms. The highest BCUT2D eigenvalue weighted by atomic mass is 35.5. The number of esters is 1. The van der Waals surface area contributed by atoms with Gasteiger partial charge >= 0.3 is 5.97 Å². The first-order valence-electron chi connectivity index (χ1n) is 7.42. The Bertz CT molecular complexity index is 833. The molecule has 0 radical (unpaired) electrons. The monoisotopic (exact) mass is 365 g/mol. The van der Waals surface area contributed by atoms with Gasteiger partial charge < -0.3 is 10.1 Å². The lowest BCUT2D eigenvalue weighted by Crippen LogP contribution is -2.29. The van der Waals surface area contributed by atoms with E-state index in [-0.39, 0.29) is 5.69 Å². The average molecular weight is 366 g/mol. The molecule has 0 aliphatic heterocycles. The zero-order valence-electron chi connectivity index (χ0n) is 13.9. The van der Waals surface area contributed by atoms with Gasteiger partial charge in [-0.3, -0.25) is 9.48 Å². The summed E-state index contributed by atoms with van der Waals surface area (Å²) in [6, 6.07) is 5.72. The highest BCUT2D eigenvalue weighted by molar-refractivity contribution is 6.31. The second kappa shape index (κ2) is 7.94. The Labute approximate surface area is 149 Å². The fourth-order valence-corrected chi connectivity index (χ4v) is 2.29. The second-order valence-electron chi connectivity index (χ2n) is 5.30. The van der Waals surface area contributed by atoms with Crippen LogP contribution in [-0.2, 0) is 21.4 Å². The number of nitrogens with one attached hydrogen (secondary N) is 1. The molecule has 1 amide bonds. The Morgan fingerprint density at radius 2 is 2.08 bits per heavy atom. The van der Waals surface area contributed by atoms with E-state index in [1.165, 1.54) is 35.9 Å². The van der Waals surface area contributed by atoms with Gasteiger partial charge in [-0.15, -0.1) is 0 Å². The number of ether oxygens (including phenoxy) is 1. The Balaban J connectivity index is 1.96. The van der Waals surface area contributed by atoms with E-state index in [0.717, 1.165) is 6.08 Å². The molecule has 1 aromatic heterocycles. The lowest BCUT2D eigenvalue weighted by atomic mass is 10.2. The number of hydrogen-bond acceptors (Lipinski definition) is 4. The number of halogens is 2. The Hall–Kier alpha value is -2.67. The van der Waals surface area contributed by atoms with E-state index in [4.69, 9.17) is 16.3 Å². The summed E-state index contributed by atoms with van der Waals surface area (Å²) in [6.45, 7) is 3.14. The third kappa shape index (κ3) is 4.67. The summed E-state index contributed by atoms with van der Waals surface area (Å²) >= 11 is 6.06. The van der Waals surface area contributed by atoms with E-state index in [2.05, 4.69) is 10.4 Å². The van der Waals surface area contributed by atoms with Crippen LogP contribution >= 0.6 is 11.6 Å². The van der Waals surface area contributed by atoms with E-state index in [9.17, 15) is 14.0 Å². The number of carbonyl (C=O) groups excluding carboxylic acids is 2. The average Bonchev–Trinajstić information content (AvgIpc) is 2.80. The number of aryl methyl sites for hydroxylation is 2. The predicted octanol–water partition coefficient (Wildman–Crippen LogP) is 3.10. The zero-order chi connectivity index (χ0) is 18.6. The van der Waals surface area contributed by atoms with E-state index >= 15 is 0 Å². The second-order valence-corrected chi connectivity index (χ2v) is 5.65. The van der Waals surface area contributed by atoms with Gasteiger partial charge in [-0.05, 0) is 32.1 Å². The summed E-state index contributed by atoms with van der Waals surface area (Å²) in [5.41, 5.74) is 1.26. The SMILES string of the molecule is Cc1nn(C)c(Cl)c1/C=C/C(=O)OC(C)C(=O)Nc1ccccc1F. The quantitative estimate of drug-likeness (QED) is 0.652. The topological polar surface area (TPSA) is 73.2 Å². The van der Waals surface area contributed by atoms with E-state index < -0.39 is 23.8 Å². The molecule has 1 atom stereocenters. The minimum Gasteiger partial charge on any atom is -0.449 e. The lowest BCUT2D eigenvalue weighted by Gasteiger charge is -2.12. The summed E-state index contributed by atoms with van der Waals surface area (Å²) in [5.74, 6) is -1.94. The van der Waals surface area contributed by atoms with Crippen molar-refractivity contribution >= 4 is 35.2 Å². The number of anilines is 1. The molecular formula is C17H17ClFN3O3. The molecule has 0 aliphatic rings. The number of carbonyl (C=O) groups is 2. The summed E-state index contributed by atoms with van der Waals surface area (Å²) in [6.07, 6.45) is 1.53. The molecule has 1 aromatic carbocycles. The molecule has 132 valence electrons. The van der Waals surface area contributed by atoms with Gasteiger partial charge in [0.15, 0.2) is 6.10 Å². The lowest BCUT2D eigenvalue weighted by molar-refractivity contribution is -0.148. The minimum absolute atomic E-state index is 0.0173. The van der Waals surface area contributed by atoms with Gasteiger partial charge in [0, 0.05) is 18.7 Å². The molecule has 1 heterocycles. The largest absolute Gasteiger partial charge is 0.449 e. The van der Waals surface area contributed by atoms with Gasteiger partial charge in [0.2, 0.25) is 0 Å². The molecular weight excluding hydrogens is 349 g/mol. The fourth-order valence-electron chi connectivity index (χ4n) is 2.05. The maximum absolute atomic E-state index is 13.5. The van der Waals surface area contributed by atoms with Crippen molar-refractivity contribution < 1.29 is 18.7 Å². The molecule has 8 heteroatoms. The molecule has 0 saturated heterocycles. The van der Waals surface area contributed by atoms with Crippen molar-refractivity contribution in [2.75, 3.05) is 5.32 Å². The van der Waals surface area contributed by atoms with Gasteiger partial charge in [-0.25, -0.2) is 9.18 Å². The molecule has 0 spiro atoms. The Morgan fingerprint density at radius 3 is 2.68 bits per heavy atom. The zero-order valence-corrected chi connectivity index (χ0v) is 14.7. The van der Waals surface area contributed by atoms with Crippen LogP contribution in [0.1, 0.15) is 18.2 Å². The predicted molar refractivity (Wildman–Crippen MR) is 92.6 cm³/mol. The van der Waals surface area contributed by atoms with Crippen molar-refractivity contribution in [3.05, 3.63) is 52.6 Å². The molecule has 6 nitrogen and oxygen atoms in total. The minimum atomic E-state index is -1.10. The van der Waals surface area contributed by atoms with Crippen LogP contribution in [0.2, 0.25) is 5.15 Å². The van der Waals surface area contributed by atoms with E-state index in [0.29, 0.717) is 16.4 Å². The summed E-state index contributed by atoms with van der Waals surface area (Å²) in [5, 5.41) is 6.86. The molecule has 2 aromatic rings. The van der Waals surface area contributed by atoms with Crippen LogP contribution in [0.5, 0.6) is 0 Å². The third-order valence-electron chi connectivity index (χ3n) is 3.38. The van der Waals surface area contributed by atoms with Crippen LogP contribution in [-0.4, -0.2) is 27.8 Å². The Kier molecular flexibility index (Phi) is 5.93. The van der Waals surface area contributed by atoms with Crippen LogP contribution < -0.4 is 5.32 Å². The van der Waals surface area contributed by atoms with Crippen LogP contribution in [0.15, 0.2) is 30.3 Å². The molecule has 1 N–H and O–H groups in total. The first-order chi connectivity index (χ1) is 11.8. The van der Waals surface area contributed by atoms with Gasteiger partial charge in [0.1, 0.15) is 11.0 Å². The highest BCUT2D eigenvalue weighted by Gasteiger charge is 2.18. The smallest absolute Gasteiger partial charge is 0.331 e. The van der Waals surface area contributed by atoms with Gasteiger partial charge in [0.05, 0.1) is 11.4 Å². The van der Waals surface area contributed by atoms with E-state index in [1.54, 1.807) is 20.0 Å². The van der Waals surface area contributed by atoms with Crippen LogP contribution in [0.25, 0.3) is 6.08 Å². The summed E-state index contributed by atoms with van der Waals surface area (Å²) in [7, 11) is 1.68. The highest BCUT2D eigenvalue weighted by Crippen LogP contribution is 2.20. The molecule has 0 aliphatic carbocycles. The van der Waals surface area contributed by atoms with Crippen molar-refractivity contribution in [2.24, 2.45) is 7.05 Å². The number of aromatic nitrogens is 2. The fraction of sp³-hybridized carbons (Fsp3) is 0.235. The standard InChI is InChI=1S/C17H17ClFN3O3/c1-10-12(16(18)22(3)21-10)8-9-15(23)25-11(2)17(24)20-14-7-5-4-6-13(14)19/h4-9,11H,1-3H3,(H,20,24)/b9-8+. The third-order valence-corrected chi connectivity index (χ3v) is 3.82. The van der Waals surface area contributed by atoms with E-state index in [1.807, 2.05) is 0 Å². The number of benzene rings is 1. The van der Waals surface area contributed by atoms with Crippen LogP contribution in [0, 0.1) is 12.7 Å². The first kappa shape index (κ1) is 18.7. The number of hydrogen-bond donors (Lipinski definition) is 1.